The van der Waals surface area contributed by atoms with Gasteiger partial charge in [-0.3, -0.25) is 0 Å². The molecule has 1 N–H and O–H groups in total. The Hall–Kier alpha value is -1.33. The van der Waals surface area contributed by atoms with Crippen molar-refractivity contribution in [3.63, 3.8) is 0 Å². The first-order valence-corrected chi connectivity index (χ1v) is 7.96. The first kappa shape index (κ1) is 16.0. The monoisotopic (exact) mass is 411 g/mol. The molecule has 0 saturated heterocycles. The van der Waals surface area contributed by atoms with E-state index < -0.39 is 0 Å². The minimum atomic E-state index is -0.335. The maximum absolute atomic E-state index is 11.8. The predicted octanol–water partition coefficient (Wildman–Crippen LogP) is 4.92. The normalized spacial score (nSPS) is 10.3. The van der Waals surface area contributed by atoms with Gasteiger partial charge in [0.05, 0.1) is 12.7 Å². The van der Waals surface area contributed by atoms with Crippen LogP contribution in [0.1, 0.15) is 21.5 Å². The van der Waals surface area contributed by atoms with Crippen LogP contribution in [0.2, 0.25) is 0 Å². The first-order valence-electron chi connectivity index (χ1n) is 6.38. The number of anilines is 1. The van der Waals surface area contributed by atoms with Gasteiger partial charge in [-0.05, 0) is 68.6 Å². The number of benzene rings is 2. The van der Waals surface area contributed by atoms with Crippen LogP contribution in [0, 0.1) is 6.92 Å². The third-order valence-electron chi connectivity index (χ3n) is 3.05. The van der Waals surface area contributed by atoms with Gasteiger partial charge in [-0.25, -0.2) is 4.79 Å². The average molecular weight is 413 g/mol. The molecule has 110 valence electrons. The summed E-state index contributed by atoms with van der Waals surface area (Å²) in [6, 6.07) is 11.7. The van der Waals surface area contributed by atoms with Gasteiger partial charge in [-0.15, -0.1) is 0 Å². The van der Waals surface area contributed by atoms with Crippen molar-refractivity contribution >= 4 is 43.5 Å². The van der Waals surface area contributed by atoms with Gasteiger partial charge in [0, 0.05) is 21.2 Å². The molecule has 2 aromatic carbocycles. The molecule has 0 spiro atoms. The number of halogens is 2. The minimum absolute atomic E-state index is 0.335. The molecule has 0 unspecified atom stereocenters. The number of aryl methyl sites for hydroxylation is 1. The minimum Gasteiger partial charge on any atom is -0.465 e. The van der Waals surface area contributed by atoms with Gasteiger partial charge in [-0.1, -0.05) is 17.7 Å². The van der Waals surface area contributed by atoms with Crippen molar-refractivity contribution < 1.29 is 9.53 Å². The zero-order chi connectivity index (χ0) is 15.4. The second-order valence-corrected chi connectivity index (χ2v) is 6.35. The van der Waals surface area contributed by atoms with Crippen molar-refractivity contribution in [2.24, 2.45) is 0 Å². The molecule has 2 rings (SSSR count). The summed E-state index contributed by atoms with van der Waals surface area (Å²) >= 11 is 6.93. The van der Waals surface area contributed by atoms with Crippen LogP contribution in [-0.4, -0.2) is 13.1 Å². The summed E-state index contributed by atoms with van der Waals surface area (Å²) in [6.07, 6.45) is 0. The van der Waals surface area contributed by atoms with Crippen LogP contribution >= 0.6 is 31.9 Å². The van der Waals surface area contributed by atoms with Crippen LogP contribution in [0.25, 0.3) is 0 Å². The van der Waals surface area contributed by atoms with Crippen LogP contribution in [0.4, 0.5) is 5.69 Å². The molecule has 0 fully saturated rings. The number of hydrogen-bond acceptors (Lipinski definition) is 3. The number of methoxy groups -OCH3 is 1. The molecule has 0 bridgehead atoms. The second-order valence-electron chi connectivity index (χ2n) is 4.64. The van der Waals surface area contributed by atoms with Gasteiger partial charge in [0.2, 0.25) is 0 Å². The quantitative estimate of drug-likeness (QED) is 0.724. The lowest BCUT2D eigenvalue weighted by Gasteiger charge is -2.12. The fourth-order valence-corrected chi connectivity index (χ4v) is 2.61. The predicted molar refractivity (Wildman–Crippen MR) is 91.7 cm³/mol. The first-order chi connectivity index (χ1) is 10.0. The lowest BCUT2D eigenvalue weighted by Crippen LogP contribution is -2.08. The molecule has 0 heterocycles. The highest BCUT2D eigenvalue weighted by molar-refractivity contribution is 9.13. The molecule has 0 amide bonds. The van der Waals surface area contributed by atoms with Crippen LogP contribution in [0.3, 0.4) is 0 Å². The third kappa shape index (κ3) is 4.08. The fourth-order valence-electron chi connectivity index (χ4n) is 1.94. The average Bonchev–Trinajstić information content (AvgIpc) is 2.48. The Morgan fingerprint density at radius 3 is 2.57 bits per heavy atom. The number of nitrogens with one attached hydrogen (secondary N) is 1. The highest BCUT2D eigenvalue weighted by atomic mass is 79.9. The molecule has 0 aliphatic carbocycles. The molecule has 21 heavy (non-hydrogen) atoms. The van der Waals surface area contributed by atoms with Crippen LogP contribution < -0.4 is 5.32 Å². The summed E-state index contributed by atoms with van der Waals surface area (Å²) in [7, 11) is 1.39. The lowest BCUT2D eigenvalue weighted by molar-refractivity contribution is 0.0601. The van der Waals surface area contributed by atoms with E-state index in [9.17, 15) is 4.79 Å². The molecule has 0 aliphatic rings. The van der Waals surface area contributed by atoms with E-state index in [-0.39, 0.29) is 5.97 Å². The van der Waals surface area contributed by atoms with Crippen molar-refractivity contribution in [2.45, 2.75) is 13.5 Å². The highest BCUT2D eigenvalue weighted by Crippen LogP contribution is 2.25. The number of ether oxygens (including phenoxy) is 1. The summed E-state index contributed by atoms with van der Waals surface area (Å²) < 4.78 is 6.84. The maximum atomic E-state index is 11.8. The Balaban J connectivity index is 2.19. The topological polar surface area (TPSA) is 38.3 Å². The van der Waals surface area contributed by atoms with E-state index in [1.165, 1.54) is 7.11 Å². The van der Waals surface area contributed by atoms with Gasteiger partial charge in [-0.2, -0.15) is 0 Å². The van der Waals surface area contributed by atoms with Gasteiger partial charge < -0.3 is 10.1 Å². The molecule has 5 heteroatoms. The van der Waals surface area contributed by atoms with E-state index in [2.05, 4.69) is 37.2 Å². The van der Waals surface area contributed by atoms with E-state index >= 15 is 0 Å². The van der Waals surface area contributed by atoms with Crippen LogP contribution in [-0.2, 0) is 11.3 Å². The van der Waals surface area contributed by atoms with Crippen molar-refractivity contribution in [3.8, 4) is 0 Å². The number of hydrogen-bond donors (Lipinski definition) is 1. The lowest BCUT2D eigenvalue weighted by atomic mass is 10.1. The maximum Gasteiger partial charge on any atom is 0.339 e. The zero-order valence-electron chi connectivity index (χ0n) is 11.7. The van der Waals surface area contributed by atoms with Gasteiger partial charge in [0.25, 0.3) is 0 Å². The smallest absolute Gasteiger partial charge is 0.339 e. The molecule has 0 atom stereocenters. The summed E-state index contributed by atoms with van der Waals surface area (Å²) in [6.45, 7) is 2.57. The highest BCUT2D eigenvalue weighted by Gasteiger charge is 2.12. The van der Waals surface area contributed by atoms with Crippen molar-refractivity contribution in [1.29, 1.82) is 0 Å². The van der Waals surface area contributed by atoms with E-state index in [4.69, 9.17) is 4.74 Å². The Bertz CT molecular complexity index is 671. The van der Waals surface area contributed by atoms with E-state index in [1.807, 2.05) is 43.3 Å². The molecular formula is C16H15Br2NO2. The van der Waals surface area contributed by atoms with E-state index in [1.54, 1.807) is 0 Å². The zero-order valence-corrected chi connectivity index (χ0v) is 14.9. The number of carbonyl (C=O) groups is 1. The van der Waals surface area contributed by atoms with Gasteiger partial charge in [0.1, 0.15) is 0 Å². The summed E-state index contributed by atoms with van der Waals surface area (Å²) in [5.74, 6) is -0.335. The molecule has 0 saturated carbocycles. The standard InChI is InChI=1S/C16H15Br2NO2/c1-10-3-6-15(12(7-10)16(20)21-2)19-9-11-4-5-13(17)14(18)8-11/h3-8,19H,9H2,1-2H3. The SMILES string of the molecule is COC(=O)c1cc(C)ccc1NCc1ccc(Br)c(Br)c1. The molecule has 2 aromatic rings. The fraction of sp³-hybridized carbons (Fsp3) is 0.188. The van der Waals surface area contributed by atoms with Crippen LogP contribution in [0.15, 0.2) is 45.3 Å². The number of esters is 1. The van der Waals surface area contributed by atoms with Gasteiger partial charge in [0.15, 0.2) is 0 Å². The van der Waals surface area contributed by atoms with Crippen LogP contribution in [0.5, 0.6) is 0 Å². The summed E-state index contributed by atoms with van der Waals surface area (Å²) in [4.78, 5) is 11.8. The second kappa shape index (κ2) is 7.09. The molecule has 0 aliphatic heterocycles. The Kier molecular flexibility index (Phi) is 5.42. The number of carbonyl (C=O) groups excluding carboxylic acids is 1. The Labute approximate surface area is 141 Å². The Morgan fingerprint density at radius 2 is 1.90 bits per heavy atom. The molecular weight excluding hydrogens is 398 g/mol. The van der Waals surface area contributed by atoms with E-state index in [0.717, 1.165) is 25.8 Å². The third-order valence-corrected chi connectivity index (χ3v) is 4.93. The Morgan fingerprint density at radius 1 is 1.14 bits per heavy atom. The van der Waals surface area contributed by atoms with Crippen molar-refractivity contribution in [3.05, 3.63) is 62.0 Å². The van der Waals surface area contributed by atoms with Crippen molar-refractivity contribution in [2.75, 3.05) is 12.4 Å². The molecule has 0 radical (unpaired) electrons. The summed E-state index contributed by atoms with van der Waals surface area (Å²) in [5.41, 5.74) is 3.45. The number of rotatable bonds is 4. The summed E-state index contributed by atoms with van der Waals surface area (Å²) in [5, 5.41) is 3.28. The molecule has 3 nitrogen and oxygen atoms in total. The van der Waals surface area contributed by atoms with Gasteiger partial charge >= 0.3 is 5.97 Å². The largest absolute Gasteiger partial charge is 0.465 e. The molecule has 0 aromatic heterocycles. The van der Waals surface area contributed by atoms with E-state index in [0.29, 0.717) is 12.1 Å². The van der Waals surface area contributed by atoms with Crippen molar-refractivity contribution in [1.82, 2.24) is 0 Å².